The predicted octanol–water partition coefficient (Wildman–Crippen LogP) is 3.58. The van der Waals surface area contributed by atoms with Crippen LogP contribution in [-0.2, 0) is 4.43 Å². The lowest BCUT2D eigenvalue weighted by Gasteiger charge is -2.32. The maximum Gasteiger partial charge on any atom is 0.259 e. The van der Waals surface area contributed by atoms with Crippen LogP contribution in [0.3, 0.4) is 0 Å². The highest BCUT2D eigenvalue weighted by Crippen LogP contribution is 2.39. The van der Waals surface area contributed by atoms with E-state index < -0.39 is 8.32 Å². The van der Waals surface area contributed by atoms with Gasteiger partial charge in [-0.05, 0) is 28.3 Å². The van der Waals surface area contributed by atoms with Gasteiger partial charge in [-0.15, -0.1) is 0 Å². The lowest BCUT2D eigenvalue weighted by atomic mass is 10.0. The molecular weight excluding hydrogens is 272 g/mol. The normalized spacial score (nSPS) is 24.4. The van der Waals surface area contributed by atoms with Gasteiger partial charge in [-0.25, -0.2) is 0 Å². The monoisotopic (exact) mass is 296 g/mol. The molecular formula is C19H24OSi. The van der Waals surface area contributed by atoms with Crippen molar-refractivity contribution in [2.75, 3.05) is 0 Å². The van der Waals surface area contributed by atoms with E-state index in [-0.39, 0.29) is 0 Å². The van der Waals surface area contributed by atoms with E-state index in [1.807, 2.05) is 0 Å². The fraction of sp³-hybridized carbons (Fsp3) is 0.368. The van der Waals surface area contributed by atoms with Gasteiger partial charge in [0.2, 0.25) is 0 Å². The average molecular weight is 296 g/mol. The summed E-state index contributed by atoms with van der Waals surface area (Å²) in [5.74, 6) is 0.578. The predicted molar refractivity (Wildman–Crippen MR) is 91.7 cm³/mol. The highest BCUT2D eigenvalue weighted by atomic mass is 28.4. The van der Waals surface area contributed by atoms with E-state index in [1.165, 1.54) is 16.8 Å². The number of hydrogen-bond donors (Lipinski definition) is 0. The molecule has 1 aliphatic heterocycles. The molecule has 0 radical (unpaired) electrons. The summed E-state index contributed by atoms with van der Waals surface area (Å²) < 4.78 is 6.83. The van der Waals surface area contributed by atoms with E-state index >= 15 is 0 Å². The average Bonchev–Trinajstić information content (AvgIpc) is 2.88. The van der Waals surface area contributed by atoms with E-state index in [0.717, 1.165) is 0 Å². The van der Waals surface area contributed by atoms with Gasteiger partial charge in [0, 0.05) is 6.10 Å². The van der Waals surface area contributed by atoms with Crippen molar-refractivity contribution in [1.29, 1.82) is 0 Å². The zero-order chi connectivity index (χ0) is 14.9. The van der Waals surface area contributed by atoms with Crippen LogP contribution in [0.1, 0.15) is 27.2 Å². The molecule has 21 heavy (non-hydrogen) atoms. The molecule has 0 spiro atoms. The highest BCUT2D eigenvalue weighted by Gasteiger charge is 2.52. The van der Waals surface area contributed by atoms with Crippen molar-refractivity contribution < 1.29 is 4.43 Å². The molecule has 0 aromatic heterocycles. The lowest BCUT2D eigenvalue weighted by molar-refractivity contribution is 0.173. The standard InChI is InChI=1S/C19H24OSi/c1-15(2)19-14-16(3)21(20-19,17-10-6-4-7-11-17)18-12-8-5-9-13-18/h4-13,15-16,19H,14H2,1-3H3. The first-order valence-corrected chi connectivity index (χ1v) is 9.92. The van der Waals surface area contributed by atoms with Crippen LogP contribution in [0.15, 0.2) is 60.7 Å². The molecule has 0 aliphatic carbocycles. The fourth-order valence-corrected chi connectivity index (χ4v) is 8.33. The van der Waals surface area contributed by atoms with Crippen LogP contribution in [0.2, 0.25) is 5.54 Å². The lowest BCUT2D eigenvalue weighted by Crippen LogP contribution is -2.61. The first-order valence-electron chi connectivity index (χ1n) is 7.93. The van der Waals surface area contributed by atoms with Gasteiger partial charge >= 0.3 is 0 Å². The largest absolute Gasteiger partial charge is 0.404 e. The molecule has 2 unspecified atom stereocenters. The molecule has 0 saturated carbocycles. The summed E-state index contributed by atoms with van der Waals surface area (Å²) in [6.45, 7) is 6.93. The Morgan fingerprint density at radius 2 is 1.38 bits per heavy atom. The van der Waals surface area contributed by atoms with E-state index in [9.17, 15) is 0 Å². The molecule has 110 valence electrons. The molecule has 1 fully saturated rings. The van der Waals surface area contributed by atoms with Gasteiger partial charge in [-0.2, -0.15) is 0 Å². The van der Waals surface area contributed by atoms with E-state index in [1.54, 1.807) is 0 Å². The summed E-state index contributed by atoms with van der Waals surface area (Å²) in [7, 11) is -2.11. The van der Waals surface area contributed by atoms with Crippen molar-refractivity contribution >= 4 is 18.7 Å². The minimum atomic E-state index is -2.11. The second-order valence-electron chi connectivity index (χ2n) is 6.50. The third-order valence-corrected chi connectivity index (χ3v) is 9.45. The van der Waals surface area contributed by atoms with Crippen LogP contribution in [0, 0.1) is 5.92 Å². The summed E-state index contributed by atoms with van der Waals surface area (Å²) in [4.78, 5) is 0. The van der Waals surface area contributed by atoms with Crippen molar-refractivity contribution in [2.24, 2.45) is 5.92 Å². The molecule has 1 saturated heterocycles. The molecule has 1 aliphatic rings. The molecule has 0 bridgehead atoms. The summed E-state index contributed by atoms with van der Waals surface area (Å²) in [6.07, 6.45) is 1.56. The maximum atomic E-state index is 6.83. The van der Waals surface area contributed by atoms with Crippen molar-refractivity contribution in [1.82, 2.24) is 0 Å². The van der Waals surface area contributed by atoms with E-state index in [0.29, 0.717) is 17.6 Å². The topological polar surface area (TPSA) is 9.23 Å². The quantitative estimate of drug-likeness (QED) is 0.787. The smallest absolute Gasteiger partial charge is 0.259 e. The Morgan fingerprint density at radius 3 is 1.76 bits per heavy atom. The van der Waals surface area contributed by atoms with Gasteiger partial charge < -0.3 is 4.43 Å². The first kappa shape index (κ1) is 14.5. The first-order chi connectivity index (χ1) is 10.1. The number of rotatable bonds is 3. The van der Waals surface area contributed by atoms with Crippen LogP contribution in [0.5, 0.6) is 0 Å². The molecule has 2 heteroatoms. The van der Waals surface area contributed by atoms with Gasteiger partial charge in [0.05, 0.1) is 0 Å². The zero-order valence-electron chi connectivity index (χ0n) is 13.1. The van der Waals surface area contributed by atoms with Crippen molar-refractivity contribution in [3.05, 3.63) is 60.7 Å². The molecule has 2 aromatic rings. The van der Waals surface area contributed by atoms with E-state index in [4.69, 9.17) is 4.43 Å². The van der Waals surface area contributed by atoms with Gasteiger partial charge in [-0.3, -0.25) is 0 Å². The van der Waals surface area contributed by atoms with Gasteiger partial charge in [-0.1, -0.05) is 81.4 Å². The molecule has 3 rings (SSSR count). The molecule has 0 amide bonds. The Labute approximate surface area is 129 Å². The second kappa shape index (κ2) is 5.78. The van der Waals surface area contributed by atoms with Gasteiger partial charge in [0.25, 0.3) is 8.32 Å². The minimum Gasteiger partial charge on any atom is -0.404 e. The Kier molecular flexibility index (Phi) is 4.00. The van der Waals surface area contributed by atoms with Gasteiger partial charge in [0.15, 0.2) is 0 Å². The maximum absolute atomic E-state index is 6.83. The van der Waals surface area contributed by atoms with Crippen LogP contribution < -0.4 is 10.4 Å². The van der Waals surface area contributed by atoms with Crippen molar-refractivity contribution in [2.45, 2.75) is 38.8 Å². The Bertz CT molecular complexity index is 540. The van der Waals surface area contributed by atoms with Crippen molar-refractivity contribution in [3.8, 4) is 0 Å². The van der Waals surface area contributed by atoms with E-state index in [2.05, 4.69) is 81.4 Å². The van der Waals surface area contributed by atoms with Crippen LogP contribution in [0.4, 0.5) is 0 Å². The SMILES string of the molecule is CC(C)C1CC(C)[Si](c2ccccc2)(c2ccccc2)O1. The highest BCUT2D eigenvalue weighted by molar-refractivity contribution is 6.98. The third kappa shape index (κ3) is 2.47. The number of benzene rings is 2. The summed E-state index contributed by atoms with van der Waals surface area (Å²) >= 11 is 0. The molecule has 2 atom stereocenters. The second-order valence-corrected chi connectivity index (χ2v) is 10.4. The Morgan fingerprint density at radius 1 is 0.905 bits per heavy atom. The number of hydrogen-bond acceptors (Lipinski definition) is 1. The molecule has 2 aromatic carbocycles. The fourth-order valence-electron chi connectivity index (χ4n) is 3.57. The summed E-state index contributed by atoms with van der Waals surface area (Å²) in [6, 6.07) is 21.8. The third-order valence-electron chi connectivity index (χ3n) is 4.77. The molecule has 1 nitrogen and oxygen atoms in total. The van der Waals surface area contributed by atoms with Gasteiger partial charge in [0.1, 0.15) is 0 Å². The molecule has 0 N–H and O–H groups in total. The van der Waals surface area contributed by atoms with Crippen LogP contribution in [0.25, 0.3) is 0 Å². The summed E-state index contributed by atoms with van der Waals surface area (Å²) in [5, 5.41) is 2.82. The summed E-state index contributed by atoms with van der Waals surface area (Å²) in [5.41, 5.74) is 0.606. The molecule has 1 heterocycles. The van der Waals surface area contributed by atoms with Crippen LogP contribution in [-0.4, -0.2) is 14.4 Å². The Balaban J connectivity index is 2.13. The van der Waals surface area contributed by atoms with Crippen molar-refractivity contribution in [3.63, 3.8) is 0 Å². The Hall–Kier alpha value is -1.38. The minimum absolute atomic E-state index is 0.382. The van der Waals surface area contributed by atoms with Crippen LogP contribution >= 0.6 is 0 Å². The zero-order valence-corrected chi connectivity index (χ0v) is 14.1.